The molecule has 0 radical (unpaired) electrons. The molecule has 4 N–H and O–H groups in total. The summed E-state index contributed by atoms with van der Waals surface area (Å²) in [6.45, 7) is 10.2. The molecule has 0 aliphatic heterocycles. The Labute approximate surface area is 65.0 Å². The van der Waals surface area contributed by atoms with Crippen LogP contribution in [0.2, 0.25) is 0 Å². The van der Waals surface area contributed by atoms with Gasteiger partial charge in [0.05, 0.1) is 0 Å². The second-order valence-corrected chi connectivity index (χ2v) is 0.707. The highest BCUT2D eigenvalue weighted by Crippen LogP contribution is 1.56. The summed E-state index contributed by atoms with van der Waals surface area (Å²) >= 11 is 0. The van der Waals surface area contributed by atoms with E-state index in [0.29, 0.717) is 0 Å². The van der Waals surface area contributed by atoms with Crippen molar-refractivity contribution < 1.29 is 9.90 Å². The van der Waals surface area contributed by atoms with Crippen molar-refractivity contribution in [3.05, 3.63) is 0 Å². The highest BCUT2D eigenvalue weighted by atomic mass is 16.2. The van der Waals surface area contributed by atoms with Crippen LogP contribution in [0.5, 0.6) is 0 Å². The van der Waals surface area contributed by atoms with Gasteiger partial charge in [0.1, 0.15) is 6.79 Å². The maximum Gasteiger partial charge on any atom is 0.106 e. The molecule has 3 heteroatoms. The number of carbonyl (C=O) groups is 1. The van der Waals surface area contributed by atoms with Crippen molar-refractivity contribution in [2.75, 3.05) is 7.11 Å². The molecule has 0 fully saturated rings. The Balaban J connectivity index is -0.0000000110. The summed E-state index contributed by atoms with van der Waals surface area (Å²) in [4.78, 5) is 8.00. The van der Waals surface area contributed by atoms with E-state index in [-0.39, 0.29) is 6.15 Å². The largest absolute Gasteiger partial charge is 0.400 e. The molecule has 0 aromatic heterocycles. The third kappa shape index (κ3) is 1960. The summed E-state index contributed by atoms with van der Waals surface area (Å²) in [6.07, 6.45) is 1.25. The average Bonchev–Trinajstić information content (AvgIpc) is 2.01. The maximum absolute atomic E-state index is 8.00. The predicted octanol–water partition coefficient (Wildman–Crippen LogP) is 2.03. The number of carbonyl (C=O) groups excluding carboxylic acids is 1. The zero-order valence-electron chi connectivity index (χ0n) is 7.98. The van der Waals surface area contributed by atoms with E-state index in [0.717, 1.165) is 7.11 Å². The lowest BCUT2D eigenvalue weighted by Gasteiger charge is -1.48. The first-order valence-corrected chi connectivity index (χ1v) is 3.15. The van der Waals surface area contributed by atoms with Gasteiger partial charge in [0.2, 0.25) is 0 Å². The smallest absolute Gasteiger partial charge is 0.106 e. The maximum atomic E-state index is 8.00. The molecule has 0 aromatic rings. The normalized spacial score (nSPS) is 3.40. The van der Waals surface area contributed by atoms with Crippen LogP contribution in [0.25, 0.3) is 0 Å². The van der Waals surface area contributed by atoms with Gasteiger partial charge in [-0.15, -0.1) is 0 Å². The van der Waals surface area contributed by atoms with Crippen molar-refractivity contribution in [1.82, 2.24) is 6.15 Å². The molecule has 0 bridgehead atoms. The molecule has 0 heterocycles. The Hall–Kier alpha value is -0.410. The molecule has 68 valence electrons. The third-order valence-electron chi connectivity index (χ3n) is 0. The topological polar surface area (TPSA) is 72.3 Å². The van der Waals surface area contributed by atoms with Gasteiger partial charge in [-0.05, 0) is 0 Å². The van der Waals surface area contributed by atoms with Crippen LogP contribution >= 0.6 is 0 Å². The molecule has 10 heavy (non-hydrogen) atoms. The zero-order valence-corrected chi connectivity index (χ0v) is 7.98. The van der Waals surface area contributed by atoms with Gasteiger partial charge in [-0.25, -0.2) is 0 Å². The molecule has 0 aliphatic rings. The van der Waals surface area contributed by atoms with Gasteiger partial charge in [-0.1, -0.05) is 34.1 Å². The molecule has 0 aromatic carbocycles. The Bertz CT molecular complexity index is 15.6. The predicted molar refractivity (Wildman–Crippen MR) is 47.6 cm³/mol. The number of aliphatic hydroxyl groups excluding tert-OH is 1. The van der Waals surface area contributed by atoms with Crippen molar-refractivity contribution in [3.8, 4) is 0 Å². The van der Waals surface area contributed by atoms with E-state index >= 15 is 0 Å². The SMILES string of the molecule is C=O.CC.CCC.CO.N. The number of hydrogen-bond donors (Lipinski definition) is 2. The lowest BCUT2D eigenvalue weighted by Crippen LogP contribution is -1.27. The summed E-state index contributed by atoms with van der Waals surface area (Å²) in [5.41, 5.74) is 0. The average molecular weight is 153 g/mol. The minimum absolute atomic E-state index is 0. The number of hydrogen-bond acceptors (Lipinski definition) is 3. The molecular weight excluding hydrogens is 130 g/mol. The first-order valence-electron chi connectivity index (χ1n) is 3.15. The minimum atomic E-state index is 0. The van der Waals surface area contributed by atoms with Crippen LogP contribution in [0.1, 0.15) is 34.1 Å². The highest BCUT2D eigenvalue weighted by Gasteiger charge is 1.35. The third-order valence-corrected chi connectivity index (χ3v) is 0. The lowest BCUT2D eigenvalue weighted by atomic mass is 10.6. The van der Waals surface area contributed by atoms with Crippen molar-refractivity contribution in [3.63, 3.8) is 0 Å². The highest BCUT2D eigenvalue weighted by molar-refractivity contribution is 5.10. The van der Waals surface area contributed by atoms with Crippen LogP contribution in [-0.4, -0.2) is 19.0 Å². The fourth-order valence-corrected chi connectivity index (χ4v) is 0. The quantitative estimate of drug-likeness (QED) is 0.559. The van der Waals surface area contributed by atoms with E-state index in [1.807, 2.05) is 20.6 Å². The molecule has 0 atom stereocenters. The molecule has 0 saturated carbocycles. The van der Waals surface area contributed by atoms with E-state index in [2.05, 4.69) is 13.8 Å². The van der Waals surface area contributed by atoms with Crippen molar-refractivity contribution in [2.24, 2.45) is 0 Å². The molecule has 0 amide bonds. The Morgan fingerprint density at radius 1 is 1.10 bits per heavy atom. The van der Waals surface area contributed by atoms with Gasteiger partial charge in [0.15, 0.2) is 0 Å². The van der Waals surface area contributed by atoms with E-state index < -0.39 is 0 Å². The van der Waals surface area contributed by atoms with Crippen LogP contribution < -0.4 is 6.15 Å². The van der Waals surface area contributed by atoms with Crippen molar-refractivity contribution in [1.29, 1.82) is 0 Å². The summed E-state index contributed by atoms with van der Waals surface area (Å²) in [7, 11) is 1.00. The summed E-state index contributed by atoms with van der Waals surface area (Å²) < 4.78 is 0. The second kappa shape index (κ2) is 1420. The molecule has 0 saturated heterocycles. The zero-order chi connectivity index (χ0) is 8.71. The molecule has 0 spiro atoms. The fourth-order valence-electron chi connectivity index (χ4n) is 0. The van der Waals surface area contributed by atoms with Gasteiger partial charge < -0.3 is 16.1 Å². The molecule has 3 nitrogen and oxygen atoms in total. The molecule has 0 rings (SSSR count). The second-order valence-electron chi connectivity index (χ2n) is 0.707. The Morgan fingerprint density at radius 2 is 1.10 bits per heavy atom. The van der Waals surface area contributed by atoms with Crippen LogP contribution in [0.3, 0.4) is 0 Å². The fraction of sp³-hybridized carbons (Fsp3) is 0.857. The van der Waals surface area contributed by atoms with E-state index in [1.54, 1.807) is 0 Å². The van der Waals surface area contributed by atoms with Gasteiger partial charge in [-0.2, -0.15) is 0 Å². The first kappa shape index (κ1) is 33.6. The van der Waals surface area contributed by atoms with E-state index in [1.165, 1.54) is 6.42 Å². The van der Waals surface area contributed by atoms with E-state index in [9.17, 15) is 0 Å². The number of rotatable bonds is 0. The Morgan fingerprint density at radius 3 is 1.10 bits per heavy atom. The monoisotopic (exact) mass is 153 g/mol. The molecule has 0 aliphatic carbocycles. The van der Waals surface area contributed by atoms with Crippen LogP contribution in [0.15, 0.2) is 0 Å². The summed E-state index contributed by atoms with van der Waals surface area (Å²) in [6, 6.07) is 0. The lowest BCUT2D eigenvalue weighted by molar-refractivity contribution is -0.0979. The number of aliphatic hydroxyl groups is 1. The van der Waals surface area contributed by atoms with Gasteiger partial charge in [0, 0.05) is 7.11 Å². The first-order chi connectivity index (χ1) is 4.41. The standard InChI is InChI=1S/C3H8.C2H6.CH4O.CH2O.H3N/c1-3-2;3*1-2;/h3H2,1-2H3;1-2H3;2H,1H3;1H2;1H3. The Kier molecular flexibility index (Phi) is 4770. The van der Waals surface area contributed by atoms with Crippen molar-refractivity contribution in [2.45, 2.75) is 34.1 Å². The van der Waals surface area contributed by atoms with Crippen molar-refractivity contribution >= 4 is 6.79 Å². The summed E-state index contributed by atoms with van der Waals surface area (Å²) in [5, 5.41) is 7.00. The molecule has 0 unspecified atom stereocenters. The summed E-state index contributed by atoms with van der Waals surface area (Å²) in [5.74, 6) is 0. The van der Waals surface area contributed by atoms with Crippen LogP contribution in [-0.2, 0) is 4.79 Å². The van der Waals surface area contributed by atoms with Crippen LogP contribution in [0.4, 0.5) is 0 Å². The van der Waals surface area contributed by atoms with Crippen LogP contribution in [0, 0.1) is 0 Å². The molecular formula is C7H23NO2. The minimum Gasteiger partial charge on any atom is -0.400 e. The van der Waals surface area contributed by atoms with Gasteiger partial charge >= 0.3 is 0 Å². The van der Waals surface area contributed by atoms with E-state index in [4.69, 9.17) is 9.90 Å². The van der Waals surface area contributed by atoms with Gasteiger partial charge in [0.25, 0.3) is 0 Å². The van der Waals surface area contributed by atoms with Gasteiger partial charge in [-0.3, -0.25) is 0 Å².